The number of rotatable bonds is 5. The van der Waals surface area contributed by atoms with Crippen LogP contribution >= 0.6 is 0 Å². The van der Waals surface area contributed by atoms with E-state index >= 15 is 0 Å². The lowest BCUT2D eigenvalue weighted by Crippen LogP contribution is -2.12. The standard InChI is InChI=1S/C10H17N3/c1-4-5-6-13-9(2)12-8-10(13)7-11-3/h4,8,11H,1,5-7H2,2-3H3. The first-order valence-electron chi connectivity index (χ1n) is 4.56. The molecular formula is C10H17N3. The van der Waals surface area contributed by atoms with Crippen LogP contribution in [-0.4, -0.2) is 16.6 Å². The monoisotopic (exact) mass is 179 g/mol. The Kier molecular flexibility index (Phi) is 3.71. The Morgan fingerprint density at radius 3 is 3.08 bits per heavy atom. The Labute approximate surface area is 79.5 Å². The van der Waals surface area contributed by atoms with Crippen molar-refractivity contribution < 1.29 is 0 Å². The number of hydrogen-bond donors (Lipinski definition) is 1. The summed E-state index contributed by atoms with van der Waals surface area (Å²) >= 11 is 0. The summed E-state index contributed by atoms with van der Waals surface area (Å²) in [5, 5.41) is 3.13. The van der Waals surface area contributed by atoms with Crippen molar-refractivity contribution in [1.29, 1.82) is 0 Å². The van der Waals surface area contributed by atoms with Gasteiger partial charge < -0.3 is 9.88 Å². The van der Waals surface area contributed by atoms with Gasteiger partial charge in [0.15, 0.2) is 0 Å². The van der Waals surface area contributed by atoms with Gasteiger partial charge in [-0.2, -0.15) is 0 Å². The SMILES string of the molecule is C=CCCn1c(CNC)cnc1C. The maximum Gasteiger partial charge on any atom is 0.105 e. The Morgan fingerprint density at radius 1 is 1.69 bits per heavy atom. The van der Waals surface area contributed by atoms with E-state index in [2.05, 4.69) is 21.4 Å². The Hall–Kier alpha value is -1.09. The van der Waals surface area contributed by atoms with Gasteiger partial charge in [0.05, 0.1) is 5.69 Å². The summed E-state index contributed by atoms with van der Waals surface area (Å²) in [6.45, 7) is 7.60. The van der Waals surface area contributed by atoms with Crippen LogP contribution in [0.5, 0.6) is 0 Å². The summed E-state index contributed by atoms with van der Waals surface area (Å²) in [5.74, 6) is 1.08. The highest BCUT2D eigenvalue weighted by Crippen LogP contribution is 2.05. The van der Waals surface area contributed by atoms with Crippen molar-refractivity contribution in [2.75, 3.05) is 7.05 Å². The van der Waals surface area contributed by atoms with Crippen molar-refractivity contribution in [3.8, 4) is 0 Å². The number of nitrogens with zero attached hydrogens (tertiary/aromatic N) is 2. The number of nitrogens with one attached hydrogen (secondary N) is 1. The quantitative estimate of drug-likeness (QED) is 0.694. The van der Waals surface area contributed by atoms with Crippen molar-refractivity contribution in [3.63, 3.8) is 0 Å². The molecule has 0 spiro atoms. The summed E-state index contributed by atoms with van der Waals surface area (Å²) in [6.07, 6.45) is 4.85. The van der Waals surface area contributed by atoms with Gasteiger partial charge in [0, 0.05) is 19.3 Å². The largest absolute Gasteiger partial charge is 0.331 e. The molecule has 3 nitrogen and oxygen atoms in total. The molecular weight excluding hydrogens is 162 g/mol. The Bertz CT molecular complexity index is 276. The predicted octanol–water partition coefficient (Wildman–Crippen LogP) is 1.49. The van der Waals surface area contributed by atoms with Crippen molar-refractivity contribution in [2.45, 2.75) is 26.4 Å². The van der Waals surface area contributed by atoms with E-state index in [4.69, 9.17) is 0 Å². The van der Waals surface area contributed by atoms with Crippen LogP contribution in [0.25, 0.3) is 0 Å². The van der Waals surface area contributed by atoms with Crippen LogP contribution in [0.2, 0.25) is 0 Å². The van der Waals surface area contributed by atoms with Crippen LogP contribution in [-0.2, 0) is 13.1 Å². The minimum Gasteiger partial charge on any atom is -0.331 e. The zero-order chi connectivity index (χ0) is 9.68. The van der Waals surface area contributed by atoms with E-state index in [9.17, 15) is 0 Å². The fourth-order valence-electron chi connectivity index (χ4n) is 1.36. The van der Waals surface area contributed by atoms with Crippen LogP contribution in [0.3, 0.4) is 0 Å². The van der Waals surface area contributed by atoms with Gasteiger partial charge >= 0.3 is 0 Å². The summed E-state index contributed by atoms with van der Waals surface area (Å²) in [4.78, 5) is 4.28. The molecule has 0 radical (unpaired) electrons. The summed E-state index contributed by atoms with van der Waals surface area (Å²) in [6, 6.07) is 0. The van der Waals surface area contributed by atoms with Crippen LogP contribution in [0.15, 0.2) is 18.9 Å². The van der Waals surface area contributed by atoms with Crippen LogP contribution in [0.1, 0.15) is 17.9 Å². The molecule has 0 bridgehead atoms. The molecule has 3 heteroatoms. The third kappa shape index (κ3) is 2.42. The minimum absolute atomic E-state index is 0.873. The van der Waals surface area contributed by atoms with E-state index in [0.29, 0.717) is 0 Å². The molecule has 0 saturated carbocycles. The van der Waals surface area contributed by atoms with Gasteiger partial charge in [0.2, 0.25) is 0 Å². The zero-order valence-corrected chi connectivity index (χ0v) is 8.38. The lowest BCUT2D eigenvalue weighted by atomic mass is 10.4. The molecule has 0 amide bonds. The van der Waals surface area contributed by atoms with Crippen LogP contribution < -0.4 is 5.32 Å². The van der Waals surface area contributed by atoms with Gasteiger partial charge in [-0.15, -0.1) is 6.58 Å². The van der Waals surface area contributed by atoms with Gasteiger partial charge in [-0.1, -0.05) is 6.08 Å². The molecule has 0 saturated heterocycles. The topological polar surface area (TPSA) is 29.9 Å². The van der Waals surface area contributed by atoms with E-state index < -0.39 is 0 Å². The molecule has 1 aromatic heterocycles. The van der Waals surface area contributed by atoms with Gasteiger partial charge in [-0.3, -0.25) is 0 Å². The normalized spacial score (nSPS) is 10.3. The summed E-state index contributed by atoms with van der Waals surface area (Å²) < 4.78 is 2.22. The molecule has 1 aromatic rings. The van der Waals surface area contributed by atoms with Gasteiger partial charge in [0.1, 0.15) is 5.82 Å². The number of hydrogen-bond acceptors (Lipinski definition) is 2. The van der Waals surface area contributed by atoms with E-state index in [1.165, 1.54) is 5.69 Å². The maximum absolute atomic E-state index is 4.28. The second-order valence-corrected chi connectivity index (χ2v) is 3.06. The molecule has 1 rings (SSSR count). The van der Waals surface area contributed by atoms with Gasteiger partial charge in [0.25, 0.3) is 0 Å². The average molecular weight is 179 g/mol. The van der Waals surface area contributed by atoms with Gasteiger partial charge in [-0.05, 0) is 20.4 Å². The van der Waals surface area contributed by atoms with Crippen molar-refractivity contribution in [3.05, 3.63) is 30.4 Å². The molecule has 1 N–H and O–H groups in total. The summed E-state index contributed by atoms with van der Waals surface area (Å²) in [5.41, 5.74) is 1.24. The highest BCUT2D eigenvalue weighted by atomic mass is 15.1. The van der Waals surface area contributed by atoms with Crippen LogP contribution in [0, 0.1) is 6.92 Å². The van der Waals surface area contributed by atoms with E-state index in [1.54, 1.807) is 0 Å². The third-order valence-electron chi connectivity index (χ3n) is 2.05. The average Bonchev–Trinajstić information content (AvgIpc) is 2.45. The molecule has 0 aliphatic heterocycles. The molecule has 72 valence electrons. The zero-order valence-electron chi connectivity index (χ0n) is 8.38. The number of aromatic nitrogens is 2. The Morgan fingerprint density at radius 2 is 2.46 bits per heavy atom. The number of allylic oxidation sites excluding steroid dienone is 1. The molecule has 0 atom stereocenters. The van der Waals surface area contributed by atoms with Crippen LogP contribution in [0.4, 0.5) is 0 Å². The first-order valence-corrected chi connectivity index (χ1v) is 4.56. The minimum atomic E-state index is 0.873. The second-order valence-electron chi connectivity index (χ2n) is 3.06. The third-order valence-corrected chi connectivity index (χ3v) is 2.05. The maximum atomic E-state index is 4.28. The van der Waals surface area contributed by atoms with E-state index in [-0.39, 0.29) is 0 Å². The highest BCUT2D eigenvalue weighted by Gasteiger charge is 2.03. The molecule has 13 heavy (non-hydrogen) atoms. The molecule has 0 aliphatic rings. The molecule has 1 heterocycles. The Balaban J connectivity index is 2.74. The molecule has 0 aromatic carbocycles. The van der Waals surface area contributed by atoms with Crippen molar-refractivity contribution in [2.24, 2.45) is 0 Å². The van der Waals surface area contributed by atoms with E-state index in [1.807, 2.05) is 26.2 Å². The lowest BCUT2D eigenvalue weighted by Gasteiger charge is -2.07. The predicted molar refractivity (Wildman–Crippen MR) is 54.5 cm³/mol. The van der Waals surface area contributed by atoms with E-state index in [0.717, 1.165) is 25.3 Å². The fraction of sp³-hybridized carbons (Fsp3) is 0.500. The molecule has 0 fully saturated rings. The fourth-order valence-corrected chi connectivity index (χ4v) is 1.36. The molecule has 0 unspecified atom stereocenters. The first-order chi connectivity index (χ1) is 6.29. The van der Waals surface area contributed by atoms with Crippen molar-refractivity contribution in [1.82, 2.24) is 14.9 Å². The first kappa shape index (κ1) is 9.99. The van der Waals surface area contributed by atoms with Gasteiger partial charge in [-0.25, -0.2) is 4.98 Å². The molecule has 0 aliphatic carbocycles. The lowest BCUT2D eigenvalue weighted by molar-refractivity contribution is 0.629. The highest BCUT2D eigenvalue weighted by molar-refractivity contribution is 5.04. The van der Waals surface area contributed by atoms with Crippen molar-refractivity contribution >= 4 is 0 Å². The second kappa shape index (κ2) is 4.82. The number of imidazole rings is 1. The number of aryl methyl sites for hydroxylation is 1. The smallest absolute Gasteiger partial charge is 0.105 e. The summed E-state index contributed by atoms with van der Waals surface area (Å²) in [7, 11) is 1.94.